The Labute approximate surface area is 123 Å². The number of hydrogen-bond donors (Lipinski definition) is 0. The zero-order valence-corrected chi connectivity index (χ0v) is 12.7. The van der Waals surface area contributed by atoms with Crippen molar-refractivity contribution in [3.05, 3.63) is 35.9 Å². The van der Waals surface area contributed by atoms with Gasteiger partial charge in [-0.3, -0.25) is 9.69 Å². The number of nitrogens with zero attached hydrogens (tertiary/aromatic N) is 1. The fourth-order valence-electron chi connectivity index (χ4n) is 3.21. The van der Waals surface area contributed by atoms with E-state index in [0.717, 1.165) is 13.0 Å². The van der Waals surface area contributed by atoms with Crippen LogP contribution < -0.4 is 0 Å². The molecule has 110 valence electrons. The molecule has 1 aromatic carbocycles. The van der Waals surface area contributed by atoms with Gasteiger partial charge in [-0.05, 0) is 57.7 Å². The molecule has 2 heteroatoms. The number of unbranched alkanes of at least 4 members (excludes halogenated alkanes) is 1. The van der Waals surface area contributed by atoms with E-state index in [4.69, 9.17) is 0 Å². The standard InChI is InChI=1S/C18H27NO/c1-16(20)15-18-12-6-8-14-19(18)13-7-5-11-17-9-3-2-4-10-17/h2-4,9-10,18H,5-8,11-15H2,1H3. The fraction of sp³-hybridized carbons (Fsp3) is 0.611. The molecule has 0 radical (unpaired) electrons. The summed E-state index contributed by atoms with van der Waals surface area (Å²) in [6.07, 6.45) is 8.20. The number of carbonyl (C=O) groups is 1. The Kier molecular flexibility index (Phi) is 6.25. The predicted octanol–water partition coefficient (Wildman–Crippen LogP) is 3.84. The summed E-state index contributed by atoms with van der Waals surface area (Å²) in [6.45, 7) is 4.07. The highest BCUT2D eigenvalue weighted by molar-refractivity contribution is 5.76. The SMILES string of the molecule is CC(=O)CC1CCCCN1CCCCc1ccccc1. The minimum absolute atomic E-state index is 0.339. The van der Waals surface area contributed by atoms with E-state index in [1.165, 1.54) is 50.6 Å². The predicted molar refractivity (Wildman–Crippen MR) is 83.9 cm³/mol. The van der Waals surface area contributed by atoms with Crippen molar-refractivity contribution in [3.63, 3.8) is 0 Å². The van der Waals surface area contributed by atoms with Gasteiger partial charge in [-0.2, -0.15) is 0 Å². The second-order valence-electron chi connectivity index (χ2n) is 6.03. The highest BCUT2D eigenvalue weighted by atomic mass is 16.1. The zero-order valence-electron chi connectivity index (χ0n) is 12.7. The number of likely N-dealkylation sites (tertiary alicyclic amines) is 1. The van der Waals surface area contributed by atoms with E-state index in [-0.39, 0.29) is 0 Å². The Morgan fingerprint density at radius 1 is 1.20 bits per heavy atom. The smallest absolute Gasteiger partial charge is 0.131 e. The van der Waals surface area contributed by atoms with Crippen LogP contribution in [0, 0.1) is 0 Å². The third-order valence-electron chi connectivity index (χ3n) is 4.28. The molecule has 0 bridgehead atoms. The van der Waals surface area contributed by atoms with Crippen LogP contribution in [0.4, 0.5) is 0 Å². The number of aryl methyl sites for hydroxylation is 1. The van der Waals surface area contributed by atoms with Crippen LogP contribution in [0.15, 0.2) is 30.3 Å². The molecule has 0 amide bonds. The third-order valence-corrected chi connectivity index (χ3v) is 4.28. The topological polar surface area (TPSA) is 20.3 Å². The van der Waals surface area contributed by atoms with Crippen LogP contribution in [-0.2, 0) is 11.2 Å². The maximum absolute atomic E-state index is 11.3. The molecule has 0 aliphatic carbocycles. The first-order valence-corrected chi connectivity index (χ1v) is 8.03. The molecular formula is C18H27NO. The summed E-state index contributed by atoms with van der Waals surface area (Å²) in [5.41, 5.74) is 1.44. The molecular weight excluding hydrogens is 246 g/mol. The van der Waals surface area contributed by atoms with Gasteiger partial charge in [-0.1, -0.05) is 36.8 Å². The molecule has 20 heavy (non-hydrogen) atoms. The van der Waals surface area contributed by atoms with Crippen molar-refractivity contribution >= 4 is 5.78 Å². The Bertz CT molecular complexity index is 401. The van der Waals surface area contributed by atoms with Gasteiger partial charge in [0.1, 0.15) is 5.78 Å². The average Bonchev–Trinajstić information content (AvgIpc) is 2.46. The van der Waals surface area contributed by atoms with Crippen LogP contribution in [0.1, 0.15) is 51.0 Å². The van der Waals surface area contributed by atoms with Crippen LogP contribution in [0.5, 0.6) is 0 Å². The van der Waals surface area contributed by atoms with Gasteiger partial charge in [-0.25, -0.2) is 0 Å². The average molecular weight is 273 g/mol. The van der Waals surface area contributed by atoms with Crippen LogP contribution in [0.3, 0.4) is 0 Å². The van der Waals surface area contributed by atoms with Gasteiger partial charge in [0.25, 0.3) is 0 Å². The quantitative estimate of drug-likeness (QED) is 0.703. The van der Waals surface area contributed by atoms with E-state index in [2.05, 4.69) is 35.2 Å². The van der Waals surface area contributed by atoms with E-state index in [0.29, 0.717) is 11.8 Å². The monoisotopic (exact) mass is 273 g/mol. The summed E-state index contributed by atoms with van der Waals surface area (Å²) in [5, 5.41) is 0. The number of benzene rings is 1. The van der Waals surface area contributed by atoms with Gasteiger partial charge in [0, 0.05) is 12.5 Å². The molecule has 0 saturated carbocycles. The van der Waals surface area contributed by atoms with Crippen molar-refractivity contribution in [3.8, 4) is 0 Å². The molecule has 1 atom stereocenters. The molecule has 1 unspecified atom stereocenters. The summed E-state index contributed by atoms with van der Waals surface area (Å²) < 4.78 is 0. The molecule has 0 N–H and O–H groups in total. The zero-order chi connectivity index (χ0) is 14.2. The van der Waals surface area contributed by atoms with Crippen molar-refractivity contribution in [2.75, 3.05) is 13.1 Å². The van der Waals surface area contributed by atoms with Crippen LogP contribution in [0.25, 0.3) is 0 Å². The number of piperidine rings is 1. The Balaban J connectivity index is 1.70. The first kappa shape index (κ1) is 15.2. The summed E-state index contributed by atoms with van der Waals surface area (Å²) in [5.74, 6) is 0.339. The lowest BCUT2D eigenvalue weighted by Gasteiger charge is -2.35. The van der Waals surface area contributed by atoms with Gasteiger partial charge >= 0.3 is 0 Å². The molecule has 0 aromatic heterocycles. The molecule has 1 aliphatic heterocycles. The number of hydrogen-bond acceptors (Lipinski definition) is 2. The Morgan fingerprint density at radius 2 is 2.00 bits per heavy atom. The largest absolute Gasteiger partial charge is 0.300 e. The maximum Gasteiger partial charge on any atom is 0.131 e. The van der Waals surface area contributed by atoms with E-state index >= 15 is 0 Å². The normalized spacial score (nSPS) is 19.9. The van der Waals surface area contributed by atoms with Crippen molar-refractivity contribution in [2.24, 2.45) is 0 Å². The van der Waals surface area contributed by atoms with E-state index in [9.17, 15) is 4.79 Å². The highest BCUT2D eigenvalue weighted by Crippen LogP contribution is 2.20. The number of carbonyl (C=O) groups excluding carboxylic acids is 1. The summed E-state index contributed by atoms with van der Waals surface area (Å²) in [6, 6.07) is 11.2. The van der Waals surface area contributed by atoms with E-state index < -0.39 is 0 Å². The highest BCUT2D eigenvalue weighted by Gasteiger charge is 2.22. The van der Waals surface area contributed by atoms with Gasteiger partial charge in [0.15, 0.2) is 0 Å². The van der Waals surface area contributed by atoms with Crippen LogP contribution in [-0.4, -0.2) is 29.8 Å². The Hall–Kier alpha value is -1.15. The van der Waals surface area contributed by atoms with Gasteiger partial charge in [-0.15, -0.1) is 0 Å². The van der Waals surface area contributed by atoms with Crippen molar-refractivity contribution in [1.82, 2.24) is 4.90 Å². The van der Waals surface area contributed by atoms with Crippen molar-refractivity contribution < 1.29 is 4.79 Å². The molecule has 2 nitrogen and oxygen atoms in total. The second-order valence-corrected chi connectivity index (χ2v) is 6.03. The number of Topliss-reactive ketones (excluding diaryl/α,β-unsaturated/α-hetero) is 1. The van der Waals surface area contributed by atoms with Crippen LogP contribution in [0.2, 0.25) is 0 Å². The molecule has 1 aromatic rings. The molecule has 2 rings (SSSR count). The van der Waals surface area contributed by atoms with Crippen molar-refractivity contribution in [1.29, 1.82) is 0 Å². The maximum atomic E-state index is 11.3. The lowest BCUT2D eigenvalue weighted by molar-refractivity contribution is -0.118. The molecule has 0 spiro atoms. The van der Waals surface area contributed by atoms with Crippen LogP contribution >= 0.6 is 0 Å². The summed E-state index contributed by atoms with van der Waals surface area (Å²) >= 11 is 0. The summed E-state index contributed by atoms with van der Waals surface area (Å²) in [7, 11) is 0. The molecule has 1 fully saturated rings. The van der Waals surface area contributed by atoms with E-state index in [1.54, 1.807) is 6.92 Å². The van der Waals surface area contributed by atoms with Gasteiger partial charge < -0.3 is 0 Å². The number of ketones is 1. The first-order chi connectivity index (χ1) is 9.75. The van der Waals surface area contributed by atoms with Gasteiger partial charge in [0.2, 0.25) is 0 Å². The lowest BCUT2D eigenvalue weighted by atomic mass is 9.97. The molecule has 1 aliphatic rings. The lowest BCUT2D eigenvalue weighted by Crippen LogP contribution is -2.41. The third kappa shape index (κ3) is 5.09. The minimum Gasteiger partial charge on any atom is -0.300 e. The second kappa shape index (κ2) is 8.21. The molecule has 1 saturated heterocycles. The van der Waals surface area contributed by atoms with Crippen molar-refractivity contribution in [2.45, 2.75) is 57.9 Å². The van der Waals surface area contributed by atoms with E-state index in [1.807, 2.05) is 0 Å². The Morgan fingerprint density at radius 3 is 2.75 bits per heavy atom. The minimum atomic E-state index is 0.339. The molecule has 1 heterocycles. The van der Waals surface area contributed by atoms with Gasteiger partial charge in [0.05, 0.1) is 0 Å². The first-order valence-electron chi connectivity index (χ1n) is 8.03. The fourth-order valence-corrected chi connectivity index (χ4v) is 3.21. The summed E-state index contributed by atoms with van der Waals surface area (Å²) in [4.78, 5) is 13.9. The number of rotatable bonds is 7.